The van der Waals surface area contributed by atoms with E-state index in [1.165, 1.54) is 27.9 Å². The summed E-state index contributed by atoms with van der Waals surface area (Å²) in [5.74, 6) is 1.34. The third-order valence-electron chi connectivity index (χ3n) is 10.4. The summed E-state index contributed by atoms with van der Waals surface area (Å²) < 4.78 is 7.92. The van der Waals surface area contributed by atoms with E-state index in [1.807, 2.05) is 42.5 Å². The van der Waals surface area contributed by atoms with Crippen molar-refractivity contribution in [1.82, 2.24) is 25.1 Å². The minimum Gasteiger partial charge on any atom is -0.493 e. The molecule has 1 fully saturated rings. The van der Waals surface area contributed by atoms with Crippen molar-refractivity contribution in [2.24, 2.45) is 5.10 Å². The molecule has 52 heavy (non-hydrogen) atoms. The highest BCUT2D eigenvalue weighted by molar-refractivity contribution is 8.01. The lowest BCUT2D eigenvalue weighted by Crippen LogP contribution is -2.37. The largest absolute Gasteiger partial charge is 0.493 e. The third-order valence-corrected chi connectivity index (χ3v) is 11.5. The number of ether oxygens (including phenoxy) is 1. The lowest BCUT2D eigenvalue weighted by molar-refractivity contribution is -0.117. The smallest absolute Gasteiger partial charge is 0.268 e. The van der Waals surface area contributed by atoms with E-state index in [9.17, 15) is 9.59 Å². The minimum atomic E-state index is -0.599. The van der Waals surface area contributed by atoms with Gasteiger partial charge in [-0.05, 0) is 101 Å². The maximum Gasteiger partial charge on any atom is 0.268 e. The molecule has 1 saturated heterocycles. The van der Waals surface area contributed by atoms with Crippen LogP contribution in [0.25, 0.3) is 5.69 Å². The number of hydrogen-bond acceptors (Lipinski definition) is 9. The van der Waals surface area contributed by atoms with Gasteiger partial charge in [0, 0.05) is 30.8 Å². The molecule has 0 bridgehead atoms. The average molecular weight is 723 g/mol. The molecule has 1 aromatic heterocycles. The Balaban J connectivity index is 1.07. The van der Waals surface area contributed by atoms with Crippen molar-refractivity contribution in [3.05, 3.63) is 83.9 Å². The predicted octanol–water partition coefficient (Wildman–Crippen LogP) is 7.75. The van der Waals surface area contributed by atoms with Crippen LogP contribution < -0.4 is 15.1 Å². The molecule has 1 atom stereocenters. The maximum absolute atomic E-state index is 13.9. The molecule has 4 aromatic rings. The first-order chi connectivity index (χ1) is 25.0. The molecule has 2 aliphatic rings. The Hall–Kier alpha value is -4.71. The van der Waals surface area contributed by atoms with E-state index in [4.69, 9.17) is 9.84 Å². The van der Waals surface area contributed by atoms with Gasteiger partial charge < -0.3 is 15.0 Å². The van der Waals surface area contributed by atoms with Crippen molar-refractivity contribution in [2.75, 3.05) is 30.0 Å². The van der Waals surface area contributed by atoms with Crippen LogP contribution >= 0.6 is 11.8 Å². The summed E-state index contributed by atoms with van der Waals surface area (Å²) in [6.07, 6.45) is 5.06. The van der Waals surface area contributed by atoms with Gasteiger partial charge in [-0.15, -0.1) is 5.10 Å². The Bertz CT molecular complexity index is 1880. The van der Waals surface area contributed by atoms with Crippen LogP contribution in [0.3, 0.4) is 0 Å². The van der Waals surface area contributed by atoms with Crippen molar-refractivity contribution in [1.29, 1.82) is 0 Å². The van der Waals surface area contributed by atoms with E-state index >= 15 is 0 Å². The van der Waals surface area contributed by atoms with Crippen LogP contribution in [0.4, 0.5) is 11.4 Å². The van der Waals surface area contributed by atoms with Crippen LogP contribution in [0.1, 0.15) is 91.2 Å². The van der Waals surface area contributed by atoms with Gasteiger partial charge in [0.25, 0.3) is 5.91 Å². The molecule has 0 spiro atoms. The zero-order valence-corrected chi connectivity index (χ0v) is 31.9. The molecule has 11 nitrogen and oxygen atoms in total. The van der Waals surface area contributed by atoms with Gasteiger partial charge in [-0.3, -0.25) is 9.59 Å². The predicted molar refractivity (Wildman–Crippen MR) is 207 cm³/mol. The molecule has 6 rings (SSSR count). The molecule has 1 N–H and O–H groups in total. The standard InChI is InChI=1S/C40H50N8O3S/c1-7-39(3,4)28-18-23-33(32(27-28)40(5,6)8-2)51-26-14-17-34(49)41-29-19-21-31(22-20-29)47-37(50)35(36(43-47)46-24-12-13-25-46)52-38-42-44-45-48(38)30-15-10-9-11-16-30/h9-11,15-16,18-23,27,35H,7-8,12-14,17,24-26H2,1-6H3,(H,41,49). The minimum absolute atomic E-state index is 0.0278. The maximum atomic E-state index is 13.9. The Kier molecular flexibility index (Phi) is 11.3. The molecule has 0 radical (unpaired) electrons. The number of amidine groups is 1. The molecule has 12 heteroatoms. The summed E-state index contributed by atoms with van der Waals surface area (Å²) in [6.45, 7) is 15.6. The zero-order chi connectivity index (χ0) is 36.9. The van der Waals surface area contributed by atoms with Crippen LogP contribution in [0.2, 0.25) is 0 Å². The number of tetrazole rings is 1. The fourth-order valence-corrected chi connectivity index (χ4v) is 7.34. The van der Waals surface area contributed by atoms with Crippen molar-refractivity contribution in [3.63, 3.8) is 0 Å². The van der Waals surface area contributed by atoms with E-state index in [1.54, 1.807) is 16.8 Å². The van der Waals surface area contributed by atoms with Crippen molar-refractivity contribution < 1.29 is 14.3 Å². The van der Waals surface area contributed by atoms with E-state index < -0.39 is 5.25 Å². The molecule has 3 heterocycles. The topological polar surface area (TPSA) is 118 Å². The molecular formula is C40H50N8O3S. The molecular weight excluding hydrogens is 673 g/mol. The number of amides is 2. The highest BCUT2D eigenvalue weighted by atomic mass is 32.2. The SMILES string of the molecule is CCC(C)(C)c1ccc(OCCCC(=O)Nc2ccc(N3N=C(N4CCCC4)C(Sc4nnnn4-c4ccccc4)C3=O)cc2)c(C(C)(C)CC)c1. The number of thioether (sulfide) groups is 1. The Morgan fingerprint density at radius 1 is 0.923 bits per heavy atom. The Morgan fingerprint density at radius 3 is 2.33 bits per heavy atom. The van der Waals surface area contributed by atoms with E-state index in [0.29, 0.717) is 41.8 Å². The number of aromatic nitrogens is 4. The first-order valence-electron chi connectivity index (χ1n) is 18.4. The van der Waals surface area contributed by atoms with E-state index in [2.05, 4.69) is 85.5 Å². The van der Waals surface area contributed by atoms with Crippen LogP contribution in [-0.4, -0.2) is 67.7 Å². The third kappa shape index (κ3) is 8.17. The molecule has 2 amide bonds. The first kappa shape index (κ1) is 37.1. The Morgan fingerprint density at radius 2 is 1.63 bits per heavy atom. The second-order valence-electron chi connectivity index (χ2n) is 14.7. The van der Waals surface area contributed by atoms with Gasteiger partial charge in [0.15, 0.2) is 5.25 Å². The average Bonchev–Trinajstić information content (AvgIpc) is 3.93. The fraction of sp³-hybridized carbons (Fsp3) is 0.450. The Labute approximate surface area is 311 Å². The molecule has 274 valence electrons. The van der Waals surface area contributed by atoms with Gasteiger partial charge in [0.1, 0.15) is 11.6 Å². The highest BCUT2D eigenvalue weighted by Gasteiger charge is 2.42. The summed E-state index contributed by atoms with van der Waals surface area (Å²) in [5, 5.41) is 21.5. The van der Waals surface area contributed by atoms with E-state index in [0.717, 1.165) is 50.2 Å². The number of hydrogen-bond donors (Lipinski definition) is 1. The van der Waals surface area contributed by atoms with Gasteiger partial charge in [-0.2, -0.15) is 14.8 Å². The summed E-state index contributed by atoms with van der Waals surface area (Å²) in [5.41, 5.74) is 4.68. The normalized spacial score (nSPS) is 16.4. The fourth-order valence-electron chi connectivity index (χ4n) is 6.30. The molecule has 0 saturated carbocycles. The molecule has 2 aliphatic heterocycles. The second kappa shape index (κ2) is 15.9. The lowest BCUT2D eigenvalue weighted by atomic mass is 9.76. The quantitative estimate of drug-likeness (QED) is 0.131. The molecule has 0 aliphatic carbocycles. The van der Waals surface area contributed by atoms with E-state index in [-0.39, 0.29) is 22.6 Å². The van der Waals surface area contributed by atoms with Crippen LogP contribution in [0, 0.1) is 0 Å². The number of likely N-dealkylation sites (tertiary alicyclic amines) is 1. The van der Waals surface area contributed by atoms with Gasteiger partial charge in [0.2, 0.25) is 11.1 Å². The summed E-state index contributed by atoms with van der Waals surface area (Å²) in [6, 6.07) is 23.4. The number of rotatable bonds is 14. The monoisotopic (exact) mass is 722 g/mol. The van der Waals surface area contributed by atoms with Crippen LogP contribution in [0.5, 0.6) is 5.75 Å². The van der Waals surface area contributed by atoms with Gasteiger partial charge in [0.05, 0.1) is 18.0 Å². The van der Waals surface area contributed by atoms with Gasteiger partial charge in [-0.25, -0.2) is 0 Å². The van der Waals surface area contributed by atoms with Gasteiger partial charge >= 0.3 is 0 Å². The number of anilines is 2. The first-order valence-corrected chi connectivity index (χ1v) is 19.2. The molecule has 1 unspecified atom stereocenters. The number of nitrogens with zero attached hydrogens (tertiary/aromatic N) is 7. The van der Waals surface area contributed by atoms with Crippen LogP contribution in [0.15, 0.2) is 83.1 Å². The number of para-hydroxylation sites is 1. The number of benzene rings is 3. The number of hydrazone groups is 1. The van der Waals surface area contributed by atoms with Crippen molar-refractivity contribution in [3.8, 4) is 11.4 Å². The number of nitrogens with one attached hydrogen (secondary N) is 1. The number of carbonyl (C=O) groups is 2. The van der Waals surface area contributed by atoms with Gasteiger partial charge in [-0.1, -0.05) is 83.6 Å². The number of carbonyl (C=O) groups excluding carboxylic acids is 2. The second-order valence-corrected chi connectivity index (χ2v) is 15.8. The van der Waals surface area contributed by atoms with Crippen molar-refractivity contribution >= 4 is 40.8 Å². The van der Waals surface area contributed by atoms with Crippen LogP contribution in [-0.2, 0) is 20.4 Å². The van der Waals surface area contributed by atoms with Crippen molar-refractivity contribution in [2.45, 2.75) is 101 Å². The highest BCUT2D eigenvalue weighted by Crippen LogP contribution is 2.39. The molecule has 3 aromatic carbocycles. The zero-order valence-electron chi connectivity index (χ0n) is 31.1. The lowest BCUT2D eigenvalue weighted by Gasteiger charge is -2.30. The summed E-state index contributed by atoms with van der Waals surface area (Å²) >= 11 is 1.30. The summed E-state index contributed by atoms with van der Waals surface area (Å²) in [7, 11) is 0. The summed E-state index contributed by atoms with van der Waals surface area (Å²) in [4.78, 5) is 29.0.